The number of ether oxygens (including phenoxy) is 1. The van der Waals surface area contributed by atoms with Gasteiger partial charge < -0.3 is 24.5 Å². The van der Waals surface area contributed by atoms with Crippen molar-refractivity contribution in [3.05, 3.63) is 64.8 Å². The van der Waals surface area contributed by atoms with Crippen molar-refractivity contribution < 1.29 is 24.5 Å². The Bertz CT molecular complexity index is 861. The molecule has 3 rings (SSSR count). The molecule has 0 saturated carbocycles. The van der Waals surface area contributed by atoms with E-state index in [1.165, 1.54) is 24.3 Å². The lowest BCUT2D eigenvalue weighted by Crippen LogP contribution is -2.34. The minimum absolute atomic E-state index is 0.00961. The van der Waals surface area contributed by atoms with Crippen molar-refractivity contribution in [1.82, 2.24) is 0 Å². The number of aliphatic hydroxyl groups is 3. The summed E-state index contributed by atoms with van der Waals surface area (Å²) in [4.78, 5) is 12.2. The van der Waals surface area contributed by atoms with Crippen molar-refractivity contribution in [1.29, 1.82) is 0 Å². The lowest BCUT2D eigenvalue weighted by atomic mass is 10.1. The summed E-state index contributed by atoms with van der Waals surface area (Å²) in [5.74, 6) is 0.133. The SMILES string of the molecule is O=c1cc(-c2ccccc2)oc2c(OC(O)(O)O)cccc12. The number of hydrogen-bond acceptors (Lipinski definition) is 6. The molecule has 3 aromatic rings. The Labute approximate surface area is 124 Å². The highest BCUT2D eigenvalue weighted by Gasteiger charge is 2.23. The van der Waals surface area contributed by atoms with Gasteiger partial charge in [-0.1, -0.05) is 36.4 Å². The molecule has 0 spiro atoms. The summed E-state index contributed by atoms with van der Waals surface area (Å²) in [6.07, 6.45) is -3.37. The van der Waals surface area contributed by atoms with E-state index in [9.17, 15) is 4.79 Å². The van der Waals surface area contributed by atoms with E-state index in [1.807, 2.05) is 6.07 Å². The number of benzene rings is 2. The summed E-state index contributed by atoms with van der Waals surface area (Å²) < 4.78 is 10.2. The van der Waals surface area contributed by atoms with E-state index in [2.05, 4.69) is 4.74 Å². The summed E-state index contributed by atoms with van der Waals surface area (Å²) >= 11 is 0. The molecule has 2 aromatic carbocycles. The standard InChI is InChI=1S/C16H12O6/c17-12-9-14(10-5-2-1-3-6-10)21-15-11(12)7-4-8-13(15)22-16(18,19)20/h1-9,18-20H. The van der Waals surface area contributed by atoms with Crippen LogP contribution in [0.1, 0.15) is 0 Å². The lowest BCUT2D eigenvalue weighted by Gasteiger charge is -2.16. The van der Waals surface area contributed by atoms with Gasteiger partial charge in [0.25, 0.3) is 0 Å². The van der Waals surface area contributed by atoms with E-state index in [0.29, 0.717) is 11.3 Å². The van der Waals surface area contributed by atoms with Gasteiger partial charge in [-0.2, -0.15) is 0 Å². The number of rotatable bonds is 3. The van der Waals surface area contributed by atoms with Crippen LogP contribution in [-0.4, -0.2) is 21.5 Å². The molecule has 0 aliphatic heterocycles. The van der Waals surface area contributed by atoms with Crippen molar-refractivity contribution >= 4 is 11.0 Å². The summed E-state index contributed by atoms with van der Waals surface area (Å²) in [5, 5.41) is 27.1. The maximum absolute atomic E-state index is 12.2. The largest absolute Gasteiger partial charge is 0.453 e. The zero-order chi connectivity index (χ0) is 15.7. The first-order chi connectivity index (χ1) is 10.4. The maximum atomic E-state index is 12.2. The van der Waals surface area contributed by atoms with Crippen LogP contribution in [0, 0.1) is 0 Å². The second-order valence-corrected chi connectivity index (χ2v) is 4.65. The summed E-state index contributed by atoms with van der Waals surface area (Å²) in [6.45, 7) is 0. The highest BCUT2D eigenvalue weighted by atomic mass is 16.9. The molecule has 1 aromatic heterocycles. The highest BCUT2D eigenvalue weighted by molar-refractivity contribution is 5.84. The van der Waals surface area contributed by atoms with Gasteiger partial charge >= 0.3 is 6.16 Å². The average Bonchev–Trinajstić information content (AvgIpc) is 2.47. The Hall–Kier alpha value is -2.67. The van der Waals surface area contributed by atoms with Crippen LogP contribution in [0.25, 0.3) is 22.3 Å². The predicted molar refractivity (Wildman–Crippen MR) is 77.9 cm³/mol. The Morgan fingerprint density at radius 3 is 2.36 bits per heavy atom. The van der Waals surface area contributed by atoms with E-state index in [1.54, 1.807) is 24.3 Å². The predicted octanol–water partition coefficient (Wildman–Crippen LogP) is 1.43. The van der Waals surface area contributed by atoms with Crippen LogP contribution in [0.3, 0.4) is 0 Å². The van der Waals surface area contributed by atoms with Gasteiger partial charge in [-0.25, -0.2) is 0 Å². The fourth-order valence-corrected chi connectivity index (χ4v) is 2.12. The first kappa shape index (κ1) is 14.3. The van der Waals surface area contributed by atoms with Gasteiger partial charge in [0.2, 0.25) is 0 Å². The second kappa shape index (κ2) is 5.27. The van der Waals surface area contributed by atoms with Crippen LogP contribution in [-0.2, 0) is 0 Å². The fourth-order valence-electron chi connectivity index (χ4n) is 2.12. The molecule has 0 saturated heterocycles. The monoisotopic (exact) mass is 300 g/mol. The molecule has 3 N–H and O–H groups in total. The van der Waals surface area contributed by atoms with Gasteiger partial charge in [0, 0.05) is 11.6 Å². The molecule has 22 heavy (non-hydrogen) atoms. The topological polar surface area (TPSA) is 100 Å². The second-order valence-electron chi connectivity index (χ2n) is 4.65. The fraction of sp³-hybridized carbons (Fsp3) is 0.0625. The van der Waals surface area contributed by atoms with Crippen LogP contribution in [0.15, 0.2) is 63.8 Å². The molecular weight excluding hydrogens is 288 g/mol. The molecule has 0 amide bonds. The van der Waals surface area contributed by atoms with E-state index in [0.717, 1.165) is 0 Å². The molecule has 0 fully saturated rings. The molecular formula is C16H12O6. The molecule has 0 aliphatic carbocycles. The average molecular weight is 300 g/mol. The normalized spacial score (nSPS) is 11.6. The Morgan fingerprint density at radius 2 is 1.68 bits per heavy atom. The van der Waals surface area contributed by atoms with E-state index in [-0.39, 0.29) is 22.1 Å². The molecule has 0 radical (unpaired) electrons. The molecule has 0 unspecified atom stereocenters. The van der Waals surface area contributed by atoms with Gasteiger partial charge in [-0.3, -0.25) is 4.79 Å². The minimum Gasteiger partial charge on any atom is -0.452 e. The number of fused-ring (bicyclic) bond motifs is 1. The molecule has 6 heteroatoms. The van der Waals surface area contributed by atoms with Crippen LogP contribution in [0.5, 0.6) is 5.75 Å². The zero-order valence-electron chi connectivity index (χ0n) is 11.3. The third kappa shape index (κ3) is 2.84. The molecule has 112 valence electrons. The van der Waals surface area contributed by atoms with Crippen LogP contribution in [0.4, 0.5) is 0 Å². The van der Waals surface area contributed by atoms with Crippen molar-refractivity contribution in [3.8, 4) is 17.1 Å². The van der Waals surface area contributed by atoms with Crippen molar-refractivity contribution in [2.75, 3.05) is 0 Å². The van der Waals surface area contributed by atoms with Crippen molar-refractivity contribution in [2.24, 2.45) is 0 Å². The van der Waals surface area contributed by atoms with Gasteiger partial charge in [-0.15, -0.1) is 0 Å². The third-order valence-corrected chi connectivity index (χ3v) is 3.02. The van der Waals surface area contributed by atoms with Gasteiger partial charge in [0.05, 0.1) is 5.39 Å². The summed E-state index contributed by atoms with van der Waals surface area (Å²) in [7, 11) is 0. The first-order valence-electron chi connectivity index (χ1n) is 6.42. The quantitative estimate of drug-likeness (QED) is 0.633. The van der Waals surface area contributed by atoms with E-state index in [4.69, 9.17) is 19.7 Å². The smallest absolute Gasteiger partial charge is 0.452 e. The van der Waals surface area contributed by atoms with Gasteiger partial charge in [-0.05, 0) is 12.1 Å². The van der Waals surface area contributed by atoms with Gasteiger partial charge in [0.1, 0.15) is 5.76 Å². The molecule has 0 aliphatic rings. The lowest BCUT2D eigenvalue weighted by molar-refractivity contribution is -0.419. The van der Waals surface area contributed by atoms with E-state index < -0.39 is 6.16 Å². The molecule has 6 nitrogen and oxygen atoms in total. The number of para-hydroxylation sites is 1. The first-order valence-corrected chi connectivity index (χ1v) is 6.42. The molecule has 1 heterocycles. The maximum Gasteiger partial charge on any atom is 0.453 e. The van der Waals surface area contributed by atoms with Crippen LogP contribution in [0.2, 0.25) is 0 Å². The number of hydrogen-bond donors (Lipinski definition) is 3. The van der Waals surface area contributed by atoms with E-state index >= 15 is 0 Å². The Kier molecular flexibility index (Phi) is 3.42. The van der Waals surface area contributed by atoms with Crippen molar-refractivity contribution in [3.63, 3.8) is 0 Å². The zero-order valence-corrected chi connectivity index (χ0v) is 11.3. The van der Waals surface area contributed by atoms with Crippen molar-refractivity contribution in [2.45, 2.75) is 6.16 Å². The highest BCUT2D eigenvalue weighted by Crippen LogP contribution is 2.29. The molecule has 0 atom stereocenters. The van der Waals surface area contributed by atoms with Gasteiger partial charge in [0.15, 0.2) is 16.8 Å². The van der Waals surface area contributed by atoms with Crippen LogP contribution >= 0.6 is 0 Å². The Morgan fingerprint density at radius 1 is 0.955 bits per heavy atom. The summed E-state index contributed by atoms with van der Waals surface area (Å²) in [6, 6.07) is 14.6. The summed E-state index contributed by atoms with van der Waals surface area (Å²) in [5.41, 5.74) is 0.375. The Balaban J connectivity index is 2.23. The minimum atomic E-state index is -3.37. The molecule has 0 bridgehead atoms. The third-order valence-electron chi connectivity index (χ3n) is 3.02. The van der Waals surface area contributed by atoms with Crippen LogP contribution < -0.4 is 10.2 Å².